The molecule has 0 fully saturated rings. The Labute approximate surface area is 246 Å². The maximum absolute atomic E-state index is 6.35. The summed E-state index contributed by atoms with van der Waals surface area (Å²) in [4.78, 5) is 0. The van der Waals surface area contributed by atoms with Crippen LogP contribution in [0.2, 0.25) is 30.8 Å². The molecule has 0 aromatic rings. The van der Waals surface area contributed by atoms with Crippen LogP contribution in [0.5, 0.6) is 0 Å². The largest absolute Gasteiger partial charge is 0.398 e. The Kier molecular flexibility index (Phi) is 23.2. The molecule has 0 aliphatic carbocycles. The van der Waals surface area contributed by atoms with Crippen LogP contribution in [0, 0.1) is 0 Å². The molecule has 2 atom stereocenters. The van der Waals surface area contributed by atoms with Crippen LogP contribution >= 0.6 is 53.9 Å². The van der Waals surface area contributed by atoms with E-state index in [4.69, 9.17) is 26.6 Å². The number of thiol groups is 1. The summed E-state index contributed by atoms with van der Waals surface area (Å²) >= 11 is 4.48. The van der Waals surface area contributed by atoms with Crippen molar-refractivity contribution in [2.75, 3.05) is 52.2 Å². The lowest BCUT2D eigenvalue weighted by molar-refractivity contribution is 0.169. The van der Waals surface area contributed by atoms with Crippen molar-refractivity contribution >= 4 is 79.6 Å². The molecular weight excluding hydrogens is 605 g/mol. The van der Waals surface area contributed by atoms with Gasteiger partial charge in [-0.3, -0.25) is 0 Å². The molecule has 0 heterocycles. The first-order valence-corrected chi connectivity index (χ1v) is 26.0. The molecule has 0 saturated heterocycles. The van der Waals surface area contributed by atoms with Gasteiger partial charge in [-0.2, -0.15) is 12.6 Å². The highest BCUT2D eigenvalue weighted by Gasteiger charge is 2.55. The number of rotatable bonds is 25. The normalized spacial score (nSPS) is 14.8. The van der Waals surface area contributed by atoms with Crippen LogP contribution in [0.25, 0.3) is 0 Å². The van der Waals surface area contributed by atoms with Crippen LogP contribution in [0.15, 0.2) is 0 Å². The van der Waals surface area contributed by atoms with Crippen LogP contribution < -0.4 is 0 Å². The van der Waals surface area contributed by atoms with Crippen molar-refractivity contribution < 1.29 is 26.6 Å². The van der Waals surface area contributed by atoms with Crippen molar-refractivity contribution in [2.45, 2.75) is 89.5 Å². The quantitative estimate of drug-likeness (QED) is 0.0452. The Morgan fingerprint density at radius 2 is 1.31 bits per heavy atom. The molecule has 0 bridgehead atoms. The molecule has 2 unspecified atom stereocenters. The minimum Gasteiger partial charge on any atom is -0.398 e. The second-order valence-corrected chi connectivity index (χ2v) is 26.3. The summed E-state index contributed by atoms with van der Waals surface area (Å²) < 4.78 is 36.7. The Hall–Kier alpha value is 2.16. The summed E-state index contributed by atoms with van der Waals surface area (Å²) in [7, 11) is 4.18. The Balaban J connectivity index is 5.08. The Morgan fingerprint density at radius 3 is 1.78 bits per heavy atom. The lowest BCUT2D eigenvalue weighted by atomic mass is 10.2. The smallest absolute Gasteiger partial charge is 0.340 e. The molecule has 0 rings (SSSR count). The fourth-order valence-corrected chi connectivity index (χ4v) is 23.1. The molecule has 14 heteroatoms. The summed E-state index contributed by atoms with van der Waals surface area (Å²) in [6.45, 7) is 17.5. The predicted molar refractivity (Wildman–Crippen MR) is 175 cm³/mol. The van der Waals surface area contributed by atoms with Gasteiger partial charge in [0.25, 0.3) is 0 Å². The van der Waals surface area contributed by atoms with Gasteiger partial charge in [-0.15, -0.1) is 0 Å². The van der Waals surface area contributed by atoms with Gasteiger partial charge >= 0.3 is 25.7 Å². The van der Waals surface area contributed by atoms with Crippen LogP contribution in [0.4, 0.5) is 0 Å². The number of hydrogen-bond donors (Lipinski definition) is 1. The van der Waals surface area contributed by atoms with Crippen molar-refractivity contribution in [1.29, 1.82) is 0 Å². The highest BCUT2D eigenvalue weighted by Crippen LogP contribution is 2.50. The lowest BCUT2D eigenvalue weighted by Gasteiger charge is -2.42. The van der Waals surface area contributed by atoms with E-state index in [0.717, 1.165) is 56.4 Å². The average molecular weight is 657 g/mol. The van der Waals surface area contributed by atoms with Gasteiger partial charge in [0.2, 0.25) is 0 Å². The molecular formula is C22H52O6S5Si3. The SMILES string of the molecule is CCO[Si](C)(CCCSSSSC(CCCS)CC([Si](C)(OC)OC)[Si](C)(OCC)OCC)OCC. The fraction of sp³-hybridized carbons (Fsp3) is 1.00. The third-order valence-corrected chi connectivity index (χ3v) is 26.0. The van der Waals surface area contributed by atoms with E-state index in [1.165, 1.54) is 0 Å². The van der Waals surface area contributed by atoms with Crippen LogP contribution in [0.3, 0.4) is 0 Å². The molecule has 0 N–H and O–H groups in total. The van der Waals surface area contributed by atoms with Crippen molar-refractivity contribution in [1.82, 2.24) is 0 Å². The molecule has 0 saturated carbocycles. The maximum Gasteiger partial charge on any atom is 0.340 e. The van der Waals surface area contributed by atoms with E-state index in [1.54, 1.807) is 14.2 Å². The minimum absolute atomic E-state index is 0.162. The number of hydrogen-bond acceptors (Lipinski definition) is 11. The molecule has 0 aliphatic rings. The molecule has 0 radical (unpaired) electrons. The molecule has 6 nitrogen and oxygen atoms in total. The molecule has 0 spiro atoms. The molecule has 0 amide bonds. The van der Waals surface area contributed by atoms with E-state index in [0.29, 0.717) is 18.5 Å². The highest BCUT2D eigenvalue weighted by molar-refractivity contribution is 9.26. The summed E-state index contributed by atoms with van der Waals surface area (Å²) in [5, 5.41) is 0.618. The van der Waals surface area contributed by atoms with E-state index in [2.05, 4.69) is 46.1 Å². The standard InChI is InChI=1S/C22H52O6S5Si3/c1-10-25-34(7,26-11-2)19-15-18-30-32-33-31-21(16-14-17-29)20-22(35(8,23-5)24-6)36(9,27-12-3)28-13-4/h21-22,29H,10-20H2,1-9H3. The first-order chi connectivity index (χ1) is 17.1. The molecule has 0 aromatic carbocycles. The summed E-state index contributed by atoms with van der Waals surface area (Å²) in [6.07, 6.45) is 4.28. The zero-order chi connectivity index (χ0) is 27.5. The molecule has 0 aromatic heterocycles. The van der Waals surface area contributed by atoms with Crippen LogP contribution in [-0.4, -0.2) is 83.1 Å². The predicted octanol–water partition coefficient (Wildman–Crippen LogP) is 8.09. The van der Waals surface area contributed by atoms with E-state index >= 15 is 0 Å². The van der Waals surface area contributed by atoms with Gasteiger partial charge in [0, 0.05) is 56.8 Å². The van der Waals surface area contributed by atoms with E-state index in [-0.39, 0.29) is 5.16 Å². The van der Waals surface area contributed by atoms with E-state index in [9.17, 15) is 0 Å². The lowest BCUT2D eigenvalue weighted by Crippen LogP contribution is -2.58. The Morgan fingerprint density at radius 1 is 0.750 bits per heavy atom. The fourth-order valence-electron chi connectivity index (χ4n) is 4.25. The second kappa shape index (κ2) is 21.8. The summed E-state index contributed by atoms with van der Waals surface area (Å²) in [5.74, 6) is 1.99. The average Bonchev–Trinajstić information content (AvgIpc) is 2.84. The van der Waals surface area contributed by atoms with Gasteiger partial charge in [-0.1, -0.05) is 21.6 Å². The van der Waals surface area contributed by atoms with Crippen molar-refractivity contribution in [3.63, 3.8) is 0 Å². The maximum atomic E-state index is 6.35. The van der Waals surface area contributed by atoms with Gasteiger partial charge in [-0.05, 0) is 104 Å². The minimum atomic E-state index is -2.52. The van der Waals surface area contributed by atoms with Crippen LogP contribution in [-0.2, 0) is 26.6 Å². The first kappa shape index (κ1) is 38.2. The topological polar surface area (TPSA) is 55.4 Å². The van der Waals surface area contributed by atoms with Crippen molar-refractivity contribution in [3.8, 4) is 0 Å². The zero-order valence-electron chi connectivity index (χ0n) is 24.0. The van der Waals surface area contributed by atoms with Gasteiger partial charge in [0.15, 0.2) is 0 Å². The highest BCUT2D eigenvalue weighted by atomic mass is 33.7. The third-order valence-electron chi connectivity index (χ3n) is 6.13. The van der Waals surface area contributed by atoms with Gasteiger partial charge in [0.1, 0.15) is 0 Å². The van der Waals surface area contributed by atoms with Gasteiger partial charge < -0.3 is 26.6 Å². The van der Waals surface area contributed by atoms with E-state index in [1.807, 2.05) is 55.1 Å². The summed E-state index contributed by atoms with van der Waals surface area (Å²) in [5.41, 5.74) is 0. The zero-order valence-corrected chi connectivity index (χ0v) is 31.1. The second-order valence-electron chi connectivity index (χ2n) is 8.74. The van der Waals surface area contributed by atoms with E-state index < -0.39 is 25.7 Å². The molecule has 218 valence electrons. The Bertz CT molecular complexity index is 528. The third kappa shape index (κ3) is 14.7. The summed E-state index contributed by atoms with van der Waals surface area (Å²) in [6, 6.07) is 1.04. The van der Waals surface area contributed by atoms with Crippen molar-refractivity contribution in [3.05, 3.63) is 0 Å². The molecule has 0 aliphatic heterocycles. The van der Waals surface area contributed by atoms with Gasteiger partial charge in [-0.25, -0.2) is 0 Å². The van der Waals surface area contributed by atoms with Gasteiger partial charge in [0.05, 0.1) is 0 Å². The monoisotopic (exact) mass is 656 g/mol. The molecule has 36 heavy (non-hydrogen) atoms. The van der Waals surface area contributed by atoms with Crippen LogP contribution in [0.1, 0.15) is 53.4 Å². The van der Waals surface area contributed by atoms with Crippen molar-refractivity contribution in [2.24, 2.45) is 0 Å². The first-order valence-electron chi connectivity index (χ1n) is 13.0.